The number of phenolic OH excluding ortho intramolecular Hbond substituents is 1. The van der Waals surface area contributed by atoms with Crippen LogP contribution in [0.5, 0.6) is 5.75 Å². The van der Waals surface area contributed by atoms with Crippen molar-refractivity contribution >= 4 is 18.0 Å². The number of ether oxygens (including phenoxy) is 2. The number of phenols is 1. The zero-order chi connectivity index (χ0) is 33.5. The lowest BCUT2D eigenvalue weighted by Gasteiger charge is -2.71. The van der Waals surface area contributed by atoms with Crippen LogP contribution in [0.25, 0.3) is 6.08 Å². The molecule has 0 radical (unpaired) electrons. The van der Waals surface area contributed by atoms with Crippen molar-refractivity contribution in [1.29, 1.82) is 0 Å². The van der Waals surface area contributed by atoms with Gasteiger partial charge in [-0.15, -0.1) is 0 Å². The molecule has 0 spiro atoms. The van der Waals surface area contributed by atoms with E-state index in [1.807, 2.05) is 0 Å². The van der Waals surface area contributed by atoms with E-state index in [-0.39, 0.29) is 45.2 Å². The SMILES string of the molecule is COC(=O)[C@]12CCC(C)(C)C[C@H]1C1=CC[C@H]3[C@@]4(C)C[C@@H](O)[C@H](OC(=O)C=Cc5ccc(O)cc5)C(C)(C)[C@@H]4CC[C@@]3(C)[C@]1(C)CC2. The van der Waals surface area contributed by atoms with E-state index in [0.29, 0.717) is 12.3 Å². The zero-order valence-corrected chi connectivity index (χ0v) is 29.3. The lowest BCUT2D eigenvalue weighted by Crippen LogP contribution is -2.67. The number of allylic oxidation sites excluding steroid dienone is 2. The Labute approximate surface area is 276 Å². The van der Waals surface area contributed by atoms with Crippen LogP contribution >= 0.6 is 0 Å². The summed E-state index contributed by atoms with van der Waals surface area (Å²) in [6.07, 6.45) is 12.7. The number of carbonyl (C=O) groups is 2. The molecule has 252 valence electrons. The lowest BCUT2D eigenvalue weighted by molar-refractivity contribution is -0.238. The second-order valence-corrected chi connectivity index (χ2v) is 17.7. The van der Waals surface area contributed by atoms with Gasteiger partial charge in [-0.2, -0.15) is 0 Å². The van der Waals surface area contributed by atoms with Crippen molar-refractivity contribution < 1.29 is 29.3 Å². The maximum atomic E-state index is 13.5. The van der Waals surface area contributed by atoms with Crippen LogP contribution in [0.2, 0.25) is 0 Å². The number of carbonyl (C=O) groups excluding carboxylic acids is 2. The highest BCUT2D eigenvalue weighted by atomic mass is 16.6. The van der Waals surface area contributed by atoms with E-state index in [1.54, 1.807) is 37.5 Å². The molecule has 2 N–H and O–H groups in total. The first-order valence-corrected chi connectivity index (χ1v) is 17.6. The maximum Gasteiger partial charge on any atom is 0.331 e. The van der Waals surface area contributed by atoms with E-state index in [2.05, 4.69) is 54.5 Å². The van der Waals surface area contributed by atoms with Crippen molar-refractivity contribution in [3.8, 4) is 5.75 Å². The Hall–Kier alpha value is -2.60. The number of aliphatic hydroxyl groups is 1. The van der Waals surface area contributed by atoms with Gasteiger partial charge in [-0.05, 0) is 121 Å². The van der Waals surface area contributed by atoms with Gasteiger partial charge in [0.25, 0.3) is 0 Å². The van der Waals surface area contributed by atoms with Crippen LogP contribution in [0.4, 0.5) is 0 Å². The van der Waals surface area contributed by atoms with Crippen LogP contribution < -0.4 is 0 Å². The summed E-state index contributed by atoms with van der Waals surface area (Å²) in [6.45, 7) is 16.5. The van der Waals surface area contributed by atoms with Crippen LogP contribution in [0.15, 0.2) is 42.0 Å². The molecule has 6 heteroatoms. The fourth-order valence-electron chi connectivity index (χ4n) is 12.1. The van der Waals surface area contributed by atoms with E-state index in [4.69, 9.17) is 9.47 Å². The largest absolute Gasteiger partial charge is 0.508 e. The molecule has 5 aliphatic carbocycles. The molecule has 6 rings (SSSR count). The zero-order valence-electron chi connectivity index (χ0n) is 29.3. The molecule has 0 amide bonds. The molecular weight excluding hydrogens is 576 g/mol. The van der Waals surface area contributed by atoms with E-state index in [9.17, 15) is 19.8 Å². The van der Waals surface area contributed by atoms with Crippen molar-refractivity contribution in [2.24, 2.45) is 50.2 Å². The van der Waals surface area contributed by atoms with E-state index in [0.717, 1.165) is 56.9 Å². The molecule has 0 bridgehead atoms. The summed E-state index contributed by atoms with van der Waals surface area (Å²) < 4.78 is 11.6. The van der Waals surface area contributed by atoms with E-state index in [1.165, 1.54) is 11.6 Å². The van der Waals surface area contributed by atoms with Crippen molar-refractivity contribution in [2.45, 2.75) is 118 Å². The van der Waals surface area contributed by atoms with Crippen LogP contribution in [0.3, 0.4) is 0 Å². The van der Waals surface area contributed by atoms with Crippen molar-refractivity contribution in [3.63, 3.8) is 0 Å². The maximum absolute atomic E-state index is 13.5. The van der Waals surface area contributed by atoms with Gasteiger partial charge in [0.05, 0.1) is 18.6 Å². The first-order chi connectivity index (χ1) is 21.4. The molecular formula is C40H56O6. The molecule has 5 aliphatic rings. The molecule has 0 saturated heterocycles. The monoisotopic (exact) mass is 632 g/mol. The summed E-state index contributed by atoms with van der Waals surface area (Å²) >= 11 is 0. The number of methoxy groups -OCH3 is 1. The molecule has 0 unspecified atom stereocenters. The van der Waals surface area contributed by atoms with Gasteiger partial charge in [-0.25, -0.2) is 4.79 Å². The van der Waals surface area contributed by atoms with Gasteiger partial charge >= 0.3 is 11.9 Å². The van der Waals surface area contributed by atoms with E-state index >= 15 is 0 Å². The molecule has 1 aromatic carbocycles. The third kappa shape index (κ3) is 4.82. The molecule has 1 aromatic rings. The Bertz CT molecular complexity index is 1440. The number of hydrogen-bond donors (Lipinski definition) is 2. The second kappa shape index (κ2) is 11.0. The number of aromatic hydroxyl groups is 1. The first-order valence-electron chi connectivity index (χ1n) is 17.6. The Balaban J connectivity index is 1.29. The van der Waals surface area contributed by atoms with Crippen LogP contribution in [0.1, 0.15) is 112 Å². The molecule has 0 heterocycles. The summed E-state index contributed by atoms with van der Waals surface area (Å²) in [7, 11) is 1.56. The van der Waals surface area contributed by atoms with Crippen molar-refractivity contribution in [3.05, 3.63) is 47.6 Å². The minimum atomic E-state index is -0.764. The fraction of sp³-hybridized carbons (Fsp3) is 0.700. The molecule has 0 aromatic heterocycles. The number of aliphatic hydroxyl groups excluding tert-OH is 1. The summed E-state index contributed by atoms with van der Waals surface area (Å²) in [4.78, 5) is 26.6. The Morgan fingerprint density at radius 3 is 2.24 bits per heavy atom. The minimum absolute atomic E-state index is 0.0189. The van der Waals surface area contributed by atoms with Gasteiger partial charge in [-0.1, -0.05) is 72.2 Å². The molecule has 6 nitrogen and oxygen atoms in total. The van der Waals surface area contributed by atoms with Gasteiger partial charge in [-0.3, -0.25) is 4.79 Å². The third-order valence-electron chi connectivity index (χ3n) is 14.7. The molecule has 46 heavy (non-hydrogen) atoms. The minimum Gasteiger partial charge on any atom is -0.508 e. The molecule has 4 saturated carbocycles. The summed E-state index contributed by atoms with van der Waals surface area (Å²) in [5, 5.41) is 21.3. The van der Waals surface area contributed by atoms with Crippen LogP contribution in [0, 0.1) is 50.2 Å². The Kier molecular flexibility index (Phi) is 7.94. The second-order valence-electron chi connectivity index (χ2n) is 17.7. The van der Waals surface area contributed by atoms with E-state index < -0.39 is 29.0 Å². The third-order valence-corrected chi connectivity index (χ3v) is 14.7. The number of fused-ring (bicyclic) bond motifs is 7. The van der Waals surface area contributed by atoms with Crippen molar-refractivity contribution in [1.82, 2.24) is 0 Å². The van der Waals surface area contributed by atoms with Crippen LogP contribution in [-0.2, 0) is 19.1 Å². The van der Waals surface area contributed by atoms with Gasteiger partial charge in [0.15, 0.2) is 0 Å². The van der Waals surface area contributed by atoms with Gasteiger partial charge < -0.3 is 19.7 Å². The number of rotatable bonds is 4. The normalized spacial score (nSPS) is 42.5. The predicted molar refractivity (Wildman–Crippen MR) is 179 cm³/mol. The molecule has 9 atom stereocenters. The average Bonchev–Trinajstić information content (AvgIpc) is 2.98. The first kappa shape index (κ1) is 33.3. The quantitative estimate of drug-likeness (QED) is 0.197. The van der Waals surface area contributed by atoms with Gasteiger partial charge in [0.2, 0.25) is 0 Å². The van der Waals surface area contributed by atoms with Crippen LogP contribution in [-0.4, -0.2) is 41.5 Å². The highest BCUT2D eigenvalue weighted by Gasteiger charge is 2.70. The number of esters is 2. The predicted octanol–water partition coefficient (Wildman–Crippen LogP) is 8.26. The molecule has 4 fully saturated rings. The number of hydrogen-bond acceptors (Lipinski definition) is 6. The molecule has 0 aliphatic heterocycles. The number of benzene rings is 1. The summed E-state index contributed by atoms with van der Waals surface area (Å²) in [5.74, 6) is 0.554. The van der Waals surface area contributed by atoms with Gasteiger partial charge in [0, 0.05) is 11.5 Å². The Morgan fingerprint density at radius 1 is 0.891 bits per heavy atom. The summed E-state index contributed by atoms with van der Waals surface area (Å²) in [5.41, 5.74) is 1.51. The lowest BCUT2D eigenvalue weighted by atomic mass is 9.33. The van der Waals surface area contributed by atoms with Gasteiger partial charge in [0.1, 0.15) is 11.9 Å². The highest BCUT2D eigenvalue weighted by molar-refractivity contribution is 5.87. The Morgan fingerprint density at radius 2 is 1.57 bits per heavy atom. The average molecular weight is 633 g/mol. The smallest absolute Gasteiger partial charge is 0.331 e. The topological polar surface area (TPSA) is 93.1 Å². The fourth-order valence-corrected chi connectivity index (χ4v) is 12.1. The standard InChI is InChI=1S/C40H56O6/c1-35(2)19-21-40(34(44)45-8)22-20-38(6)27(28(40)23-35)14-15-31-37(5)24-29(42)33(36(3,4)30(37)17-18-39(31,38)7)46-32(43)16-11-25-9-12-26(41)13-10-25/h9-14,16,28-31,33,41-42H,15,17-24H2,1-8H3/t28-,29+,30-,31-,33-,37-,38+,39+,40-/m0/s1. The highest BCUT2D eigenvalue weighted by Crippen LogP contribution is 2.76. The summed E-state index contributed by atoms with van der Waals surface area (Å²) in [6, 6.07) is 6.65. The van der Waals surface area contributed by atoms with Crippen molar-refractivity contribution in [2.75, 3.05) is 7.11 Å².